The molecule has 0 radical (unpaired) electrons. The second-order valence-electron chi connectivity index (χ2n) is 4.08. The summed E-state index contributed by atoms with van der Waals surface area (Å²) in [5.41, 5.74) is 1.18. The monoisotopic (exact) mass is 225 g/mol. The average molecular weight is 226 g/mol. The van der Waals surface area contributed by atoms with Crippen molar-refractivity contribution in [2.45, 2.75) is 19.4 Å². The van der Waals surface area contributed by atoms with Crippen LogP contribution in [-0.2, 0) is 0 Å². The molecule has 15 heavy (non-hydrogen) atoms. The van der Waals surface area contributed by atoms with Crippen LogP contribution in [0.2, 0.25) is 5.02 Å². The molecular weight excluding hydrogens is 210 g/mol. The highest BCUT2D eigenvalue weighted by molar-refractivity contribution is 6.30. The van der Waals surface area contributed by atoms with E-state index in [0.717, 1.165) is 17.3 Å². The average Bonchev–Trinajstić information content (AvgIpc) is 2.64. The first-order chi connectivity index (χ1) is 7.22. The summed E-state index contributed by atoms with van der Waals surface area (Å²) >= 11 is 6.02. The molecule has 1 aromatic carbocycles. The number of rotatable bonds is 2. The normalized spacial score (nSPS) is 25.5. The van der Waals surface area contributed by atoms with Crippen LogP contribution in [0.25, 0.3) is 0 Å². The van der Waals surface area contributed by atoms with E-state index in [4.69, 9.17) is 16.3 Å². The molecule has 0 amide bonds. The largest absolute Gasteiger partial charge is 0.496 e. The van der Waals surface area contributed by atoms with Crippen LogP contribution in [-0.4, -0.2) is 13.7 Å². The highest BCUT2D eigenvalue weighted by atomic mass is 35.5. The van der Waals surface area contributed by atoms with Gasteiger partial charge in [-0.15, -0.1) is 0 Å². The first-order valence-corrected chi connectivity index (χ1v) is 5.67. The minimum Gasteiger partial charge on any atom is -0.496 e. The molecule has 2 rings (SSSR count). The molecular formula is C12H16ClNO. The van der Waals surface area contributed by atoms with E-state index < -0.39 is 0 Å². The Labute approximate surface area is 95.6 Å². The summed E-state index contributed by atoms with van der Waals surface area (Å²) in [6, 6.07) is 6.17. The molecule has 0 spiro atoms. The van der Waals surface area contributed by atoms with Gasteiger partial charge in [0.05, 0.1) is 7.11 Å². The quantitative estimate of drug-likeness (QED) is 0.836. The Kier molecular flexibility index (Phi) is 3.17. The summed E-state index contributed by atoms with van der Waals surface area (Å²) in [5.74, 6) is 1.56. The van der Waals surface area contributed by atoms with Gasteiger partial charge in [-0.1, -0.05) is 18.5 Å². The molecule has 3 heteroatoms. The Bertz CT molecular complexity index is 353. The van der Waals surface area contributed by atoms with Gasteiger partial charge in [0.15, 0.2) is 0 Å². The highest BCUT2D eigenvalue weighted by Crippen LogP contribution is 2.36. The van der Waals surface area contributed by atoms with E-state index in [1.165, 1.54) is 12.0 Å². The van der Waals surface area contributed by atoms with Crippen molar-refractivity contribution in [2.75, 3.05) is 13.7 Å². The van der Waals surface area contributed by atoms with Crippen LogP contribution in [0, 0.1) is 5.92 Å². The van der Waals surface area contributed by atoms with Crippen molar-refractivity contribution in [3.8, 4) is 5.75 Å². The lowest BCUT2D eigenvalue weighted by Crippen LogP contribution is -2.17. The van der Waals surface area contributed by atoms with Crippen LogP contribution < -0.4 is 10.1 Å². The third kappa shape index (κ3) is 2.11. The summed E-state index contributed by atoms with van der Waals surface area (Å²) in [6.45, 7) is 3.33. The highest BCUT2D eigenvalue weighted by Gasteiger charge is 2.26. The summed E-state index contributed by atoms with van der Waals surface area (Å²) in [4.78, 5) is 0. The van der Waals surface area contributed by atoms with Crippen molar-refractivity contribution in [3.05, 3.63) is 28.8 Å². The fourth-order valence-electron chi connectivity index (χ4n) is 2.20. The van der Waals surface area contributed by atoms with E-state index in [-0.39, 0.29) is 0 Å². The SMILES string of the molecule is COc1ccc(Cl)cc1C1NCCC1C. The number of hydrogen-bond donors (Lipinski definition) is 1. The van der Waals surface area contributed by atoms with E-state index in [2.05, 4.69) is 12.2 Å². The number of methoxy groups -OCH3 is 1. The van der Waals surface area contributed by atoms with Gasteiger partial charge in [0.2, 0.25) is 0 Å². The fraction of sp³-hybridized carbons (Fsp3) is 0.500. The zero-order valence-corrected chi connectivity index (χ0v) is 9.84. The van der Waals surface area contributed by atoms with Gasteiger partial charge in [0.25, 0.3) is 0 Å². The predicted molar refractivity (Wildman–Crippen MR) is 62.5 cm³/mol. The van der Waals surface area contributed by atoms with Gasteiger partial charge in [0.1, 0.15) is 5.75 Å². The number of halogens is 1. The van der Waals surface area contributed by atoms with Gasteiger partial charge in [-0.3, -0.25) is 0 Å². The van der Waals surface area contributed by atoms with Gasteiger partial charge in [-0.2, -0.15) is 0 Å². The fourth-order valence-corrected chi connectivity index (χ4v) is 2.38. The lowest BCUT2D eigenvalue weighted by atomic mass is 9.95. The van der Waals surface area contributed by atoms with E-state index in [1.54, 1.807) is 7.11 Å². The molecule has 0 aromatic heterocycles. The Balaban J connectivity index is 2.36. The maximum absolute atomic E-state index is 6.02. The molecule has 0 bridgehead atoms. The Hall–Kier alpha value is -0.730. The molecule has 1 N–H and O–H groups in total. The predicted octanol–water partition coefficient (Wildman–Crippen LogP) is 3.02. The molecule has 1 aliphatic rings. The van der Waals surface area contributed by atoms with Crippen LogP contribution in [0.3, 0.4) is 0 Å². The second-order valence-corrected chi connectivity index (χ2v) is 4.52. The first kappa shape index (κ1) is 10.8. The number of hydrogen-bond acceptors (Lipinski definition) is 2. The molecule has 1 heterocycles. The molecule has 1 aromatic rings. The molecule has 82 valence electrons. The Morgan fingerprint density at radius 1 is 1.47 bits per heavy atom. The van der Waals surface area contributed by atoms with Gasteiger partial charge >= 0.3 is 0 Å². The van der Waals surface area contributed by atoms with Gasteiger partial charge in [-0.25, -0.2) is 0 Å². The van der Waals surface area contributed by atoms with Crippen molar-refractivity contribution in [1.82, 2.24) is 5.32 Å². The topological polar surface area (TPSA) is 21.3 Å². The summed E-state index contributed by atoms with van der Waals surface area (Å²) in [6.07, 6.45) is 1.21. The molecule has 2 atom stereocenters. The van der Waals surface area contributed by atoms with Crippen LogP contribution in [0.5, 0.6) is 5.75 Å². The number of nitrogens with one attached hydrogen (secondary N) is 1. The molecule has 2 unspecified atom stereocenters. The lowest BCUT2D eigenvalue weighted by molar-refractivity contribution is 0.394. The van der Waals surface area contributed by atoms with Crippen LogP contribution in [0.1, 0.15) is 24.9 Å². The smallest absolute Gasteiger partial charge is 0.123 e. The van der Waals surface area contributed by atoms with E-state index >= 15 is 0 Å². The van der Waals surface area contributed by atoms with Gasteiger partial charge < -0.3 is 10.1 Å². The lowest BCUT2D eigenvalue weighted by Gasteiger charge is -2.19. The molecule has 2 nitrogen and oxygen atoms in total. The van der Waals surface area contributed by atoms with Crippen LogP contribution in [0.4, 0.5) is 0 Å². The third-order valence-electron chi connectivity index (χ3n) is 3.06. The van der Waals surface area contributed by atoms with Crippen molar-refractivity contribution in [2.24, 2.45) is 5.92 Å². The molecule has 0 aliphatic carbocycles. The van der Waals surface area contributed by atoms with Crippen molar-refractivity contribution in [1.29, 1.82) is 0 Å². The standard InChI is InChI=1S/C12H16ClNO/c1-8-5-6-14-12(8)10-7-9(13)3-4-11(10)15-2/h3-4,7-8,12,14H,5-6H2,1-2H3. The van der Waals surface area contributed by atoms with Crippen molar-refractivity contribution < 1.29 is 4.74 Å². The van der Waals surface area contributed by atoms with E-state index in [9.17, 15) is 0 Å². The van der Waals surface area contributed by atoms with Gasteiger partial charge in [0, 0.05) is 16.6 Å². The minimum atomic E-state index is 0.374. The van der Waals surface area contributed by atoms with E-state index in [1.807, 2.05) is 18.2 Å². The van der Waals surface area contributed by atoms with Crippen LogP contribution in [0.15, 0.2) is 18.2 Å². The zero-order valence-electron chi connectivity index (χ0n) is 9.09. The maximum atomic E-state index is 6.02. The van der Waals surface area contributed by atoms with Gasteiger partial charge in [-0.05, 0) is 37.1 Å². The Morgan fingerprint density at radius 2 is 2.27 bits per heavy atom. The Morgan fingerprint density at radius 3 is 2.87 bits per heavy atom. The molecule has 1 fully saturated rings. The zero-order chi connectivity index (χ0) is 10.8. The summed E-state index contributed by atoms with van der Waals surface area (Å²) in [5, 5.41) is 4.26. The first-order valence-electron chi connectivity index (χ1n) is 5.29. The second kappa shape index (κ2) is 4.42. The van der Waals surface area contributed by atoms with Crippen molar-refractivity contribution >= 4 is 11.6 Å². The van der Waals surface area contributed by atoms with E-state index in [0.29, 0.717) is 12.0 Å². The molecule has 1 aliphatic heterocycles. The maximum Gasteiger partial charge on any atom is 0.123 e. The number of ether oxygens (including phenoxy) is 1. The minimum absolute atomic E-state index is 0.374. The summed E-state index contributed by atoms with van der Waals surface area (Å²) < 4.78 is 5.36. The summed E-state index contributed by atoms with van der Waals surface area (Å²) in [7, 11) is 1.70. The van der Waals surface area contributed by atoms with Crippen LogP contribution >= 0.6 is 11.6 Å². The van der Waals surface area contributed by atoms with Crippen molar-refractivity contribution in [3.63, 3.8) is 0 Å². The third-order valence-corrected chi connectivity index (χ3v) is 3.29. The molecule has 0 saturated carbocycles. The molecule has 1 saturated heterocycles. The number of benzene rings is 1.